The van der Waals surface area contributed by atoms with Crippen LogP contribution in [0.25, 0.3) is 22.2 Å². The fourth-order valence-electron chi connectivity index (χ4n) is 2.66. The number of fused-ring (bicyclic) bond motifs is 1. The molecule has 6 nitrogen and oxygen atoms in total. The number of hydrogen-bond acceptors (Lipinski definition) is 5. The quantitative estimate of drug-likeness (QED) is 0.471. The van der Waals surface area contributed by atoms with Crippen molar-refractivity contribution in [3.63, 3.8) is 0 Å². The van der Waals surface area contributed by atoms with Crippen LogP contribution < -0.4 is 10.9 Å². The smallest absolute Gasteiger partial charge is 0.292 e. The van der Waals surface area contributed by atoms with Gasteiger partial charge < -0.3 is 10.5 Å². The largest absolute Gasteiger partial charge is 0.423 e. The molecular formula is C21H19ClN4O2. The lowest BCUT2D eigenvalue weighted by Gasteiger charge is -2.10. The number of para-hydroxylation sites is 1. The van der Waals surface area contributed by atoms with Crippen molar-refractivity contribution in [1.29, 1.82) is 0 Å². The summed E-state index contributed by atoms with van der Waals surface area (Å²) in [7, 11) is 0. The van der Waals surface area contributed by atoms with Gasteiger partial charge in [-0.2, -0.15) is 4.98 Å². The summed E-state index contributed by atoms with van der Waals surface area (Å²) in [4.78, 5) is 21.1. The van der Waals surface area contributed by atoms with E-state index in [2.05, 4.69) is 15.3 Å². The van der Waals surface area contributed by atoms with E-state index < -0.39 is 5.56 Å². The fourth-order valence-corrected chi connectivity index (χ4v) is 2.90. The third-order valence-electron chi connectivity index (χ3n) is 3.91. The maximum atomic E-state index is 12.6. The molecule has 2 N–H and O–H groups in total. The first kappa shape index (κ1) is 19.4. The summed E-state index contributed by atoms with van der Waals surface area (Å²) in [5, 5.41) is 14.3. The standard InChI is InChI=1S/C19H13ClN4O2.C2H6/c20-16-9-5-4-8-14(16)15-10-12-11-21-19(22-13-6-2-1-3-7-13)23-17(12)24(26)18(15)25;1-2/h1-11,26H,(H,21,22,23);1-2H3. The van der Waals surface area contributed by atoms with Crippen LogP contribution in [0, 0.1) is 0 Å². The first-order valence-electron chi connectivity index (χ1n) is 8.82. The number of nitrogens with one attached hydrogen (secondary N) is 1. The van der Waals surface area contributed by atoms with Crippen LogP contribution >= 0.6 is 11.6 Å². The van der Waals surface area contributed by atoms with Gasteiger partial charge in [0.05, 0.1) is 5.56 Å². The Morgan fingerprint density at radius 2 is 1.68 bits per heavy atom. The Morgan fingerprint density at radius 3 is 2.39 bits per heavy atom. The third kappa shape index (κ3) is 3.82. The molecule has 0 unspecified atom stereocenters. The molecule has 0 spiro atoms. The van der Waals surface area contributed by atoms with E-state index in [1.165, 1.54) is 0 Å². The van der Waals surface area contributed by atoms with Crippen molar-refractivity contribution in [3.05, 3.63) is 82.2 Å². The molecule has 0 saturated carbocycles. The number of aromatic nitrogens is 3. The van der Waals surface area contributed by atoms with Crippen molar-refractivity contribution in [2.24, 2.45) is 0 Å². The molecular weight excluding hydrogens is 376 g/mol. The van der Waals surface area contributed by atoms with E-state index in [-0.39, 0.29) is 17.2 Å². The lowest BCUT2D eigenvalue weighted by atomic mass is 10.1. The van der Waals surface area contributed by atoms with Crippen LogP contribution in [0.1, 0.15) is 13.8 Å². The van der Waals surface area contributed by atoms with Crippen LogP contribution in [0.2, 0.25) is 5.02 Å². The van der Waals surface area contributed by atoms with Gasteiger partial charge in [-0.15, -0.1) is 4.73 Å². The van der Waals surface area contributed by atoms with E-state index in [4.69, 9.17) is 11.6 Å². The monoisotopic (exact) mass is 394 g/mol. The summed E-state index contributed by atoms with van der Waals surface area (Å²) in [6, 6.07) is 17.9. The van der Waals surface area contributed by atoms with E-state index >= 15 is 0 Å². The number of pyridine rings is 1. The van der Waals surface area contributed by atoms with Crippen LogP contribution in [0.4, 0.5) is 11.6 Å². The average molecular weight is 395 g/mol. The lowest BCUT2D eigenvalue weighted by Crippen LogP contribution is -2.21. The highest BCUT2D eigenvalue weighted by Gasteiger charge is 2.14. The van der Waals surface area contributed by atoms with Gasteiger partial charge in [0, 0.05) is 27.9 Å². The van der Waals surface area contributed by atoms with Crippen LogP contribution in [-0.4, -0.2) is 19.9 Å². The van der Waals surface area contributed by atoms with Crippen molar-refractivity contribution >= 4 is 34.3 Å². The molecule has 0 saturated heterocycles. The molecule has 7 heteroatoms. The fraction of sp³-hybridized carbons (Fsp3) is 0.0952. The highest BCUT2D eigenvalue weighted by atomic mass is 35.5. The molecule has 0 aliphatic rings. The molecule has 0 radical (unpaired) electrons. The Kier molecular flexibility index (Phi) is 5.91. The van der Waals surface area contributed by atoms with Gasteiger partial charge in [0.25, 0.3) is 5.56 Å². The summed E-state index contributed by atoms with van der Waals surface area (Å²) in [5.74, 6) is 0.274. The van der Waals surface area contributed by atoms with Crippen LogP contribution in [-0.2, 0) is 0 Å². The molecule has 4 aromatic rings. The molecule has 2 heterocycles. The van der Waals surface area contributed by atoms with Gasteiger partial charge in [-0.3, -0.25) is 4.79 Å². The topological polar surface area (TPSA) is 80.0 Å². The molecule has 0 amide bonds. The maximum absolute atomic E-state index is 12.6. The summed E-state index contributed by atoms with van der Waals surface area (Å²) in [5.41, 5.74) is 1.12. The molecule has 0 atom stereocenters. The van der Waals surface area contributed by atoms with Crippen molar-refractivity contribution in [2.75, 3.05) is 5.32 Å². The minimum absolute atomic E-state index is 0.110. The van der Waals surface area contributed by atoms with Gasteiger partial charge in [-0.1, -0.05) is 61.8 Å². The SMILES string of the molecule is CC.O=c1c(-c2ccccc2Cl)cc2cnc(Nc3ccccc3)nc2n1O. The van der Waals surface area contributed by atoms with E-state index in [1.807, 2.05) is 44.2 Å². The summed E-state index contributed by atoms with van der Waals surface area (Å²) in [6.45, 7) is 4.00. The summed E-state index contributed by atoms with van der Waals surface area (Å²) < 4.78 is 0.520. The maximum Gasteiger partial charge on any atom is 0.292 e. The number of rotatable bonds is 3. The minimum Gasteiger partial charge on any atom is -0.423 e. The molecule has 0 bridgehead atoms. The predicted octanol–water partition coefficient (Wildman–Crippen LogP) is 5.12. The Hall–Kier alpha value is -3.38. The third-order valence-corrected chi connectivity index (χ3v) is 4.24. The minimum atomic E-state index is -0.602. The van der Waals surface area contributed by atoms with E-state index in [0.717, 1.165) is 5.69 Å². The zero-order valence-corrected chi connectivity index (χ0v) is 16.2. The number of anilines is 2. The molecule has 0 fully saturated rings. The van der Waals surface area contributed by atoms with E-state index in [1.54, 1.807) is 36.5 Å². The van der Waals surface area contributed by atoms with Crippen LogP contribution in [0.3, 0.4) is 0 Å². The zero-order valence-electron chi connectivity index (χ0n) is 15.4. The Morgan fingerprint density at radius 1 is 1.00 bits per heavy atom. The van der Waals surface area contributed by atoms with Gasteiger partial charge in [-0.05, 0) is 24.3 Å². The highest BCUT2D eigenvalue weighted by molar-refractivity contribution is 6.33. The normalized spacial score (nSPS) is 10.2. The number of halogens is 1. The molecule has 2 aromatic heterocycles. The Bertz CT molecular complexity index is 1160. The van der Waals surface area contributed by atoms with Gasteiger partial charge >= 0.3 is 0 Å². The Labute approximate surface area is 167 Å². The zero-order chi connectivity index (χ0) is 20.1. The Balaban J connectivity index is 0.00000109. The summed E-state index contributed by atoms with van der Waals surface area (Å²) in [6.07, 6.45) is 1.54. The van der Waals surface area contributed by atoms with Crippen molar-refractivity contribution in [3.8, 4) is 11.1 Å². The van der Waals surface area contributed by atoms with Crippen molar-refractivity contribution < 1.29 is 5.21 Å². The van der Waals surface area contributed by atoms with Crippen molar-refractivity contribution in [2.45, 2.75) is 13.8 Å². The first-order valence-corrected chi connectivity index (χ1v) is 9.20. The number of nitrogens with zero attached hydrogens (tertiary/aromatic N) is 3. The molecule has 4 rings (SSSR count). The molecule has 2 aromatic carbocycles. The molecule has 0 aliphatic carbocycles. The molecule has 142 valence electrons. The average Bonchev–Trinajstić information content (AvgIpc) is 2.74. The molecule has 28 heavy (non-hydrogen) atoms. The number of benzene rings is 2. The molecule has 0 aliphatic heterocycles. The second-order valence-electron chi connectivity index (χ2n) is 5.62. The van der Waals surface area contributed by atoms with E-state index in [9.17, 15) is 10.0 Å². The second-order valence-corrected chi connectivity index (χ2v) is 6.03. The van der Waals surface area contributed by atoms with Gasteiger partial charge in [0.2, 0.25) is 5.95 Å². The van der Waals surface area contributed by atoms with Crippen molar-refractivity contribution in [1.82, 2.24) is 14.7 Å². The highest BCUT2D eigenvalue weighted by Crippen LogP contribution is 2.27. The van der Waals surface area contributed by atoms with Gasteiger partial charge in [-0.25, -0.2) is 4.98 Å². The van der Waals surface area contributed by atoms with Crippen LogP contribution in [0.5, 0.6) is 0 Å². The first-order chi connectivity index (χ1) is 13.6. The lowest BCUT2D eigenvalue weighted by molar-refractivity contribution is 0.187. The van der Waals surface area contributed by atoms with Gasteiger partial charge in [0.1, 0.15) is 0 Å². The van der Waals surface area contributed by atoms with Gasteiger partial charge in [0.15, 0.2) is 5.65 Å². The predicted molar refractivity (Wildman–Crippen MR) is 113 cm³/mol. The summed E-state index contributed by atoms with van der Waals surface area (Å²) >= 11 is 6.18. The van der Waals surface area contributed by atoms with E-state index in [0.29, 0.717) is 20.7 Å². The van der Waals surface area contributed by atoms with Crippen LogP contribution in [0.15, 0.2) is 71.7 Å². The second kappa shape index (κ2) is 8.54. The number of hydrogen-bond donors (Lipinski definition) is 2.